The molecule has 3 nitrogen and oxygen atoms in total. The molecule has 0 saturated carbocycles. The van der Waals surface area contributed by atoms with Gasteiger partial charge in [0.15, 0.2) is 0 Å². The topological polar surface area (TPSA) is 50.9 Å². The minimum absolute atomic E-state index is 0.791. The van der Waals surface area contributed by atoms with Gasteiger partial charge in [0.05, 0.1) is 11.4 Å². The standard InChI is InChI=1S/C18H19N3/c1-13-3-2-4-14(11-13)7-10-21-17-6-5-15-12-20-9-8-16(15)18(17)19/h2-6,8-9,11-12,21H,7,10,19H2,1H3. The van der Waals surface area contributed by atoms with Gasteiger partial charge in [-0.25, -0.2) is 0 Å². The molecule has 1 heterocycles. The number of benzene rings is 2. The van der Waals surface area contributed by atoms with Crippen LogP contribution in [0, 0.1) is 6.92 Å². The van der Waals surface area contributed by atoms with Gasteiger partial charge in [-0.3, -0.25) is 4.98 Å². The Hall–Kier alpha value is -2.55. The molecule has 3 N–H and O–H groups in total. The summed E-state index contributed by atoms with van der Waals surface area (Å²) < 4.78 is 0. The Balaban J connectivity index is 1.72. The van der Waals surface area contributed by atoms with Gasteiger partial charge < -0.3 is 11.1 Å². The summed E-state index contributed by atoms with van der Waals surface area (Å²) in [5, 5.41) is 5.54. The van der Waals surface area contributed by atoms with Crippen molar-refractivity contribution < 1.29 is 0 Å². The summed E-state index contributed by atoms with van der Waals surface area (Å²) in [5.41, 5.74) is 10.6. The van der Waals surface area contributed by atoms with Crippen LogP contribution in [-0.2, 0) is 6.42 Å². The summed E-state index contributed by atoms with van der Waals surface area (Å²) in [7, 11) is 0. The number of hydrogen-bond donors (Lipinski definition) is 2. The molecule has 0 radical (unpaired) electrons. The number of hydrogen-bond acceptors (Lipinski definition) is 3. The summed E-state index contributed by atoms with van der Waals surface area (Å²) in [6.45, 7) is 2.98. The van der Waals surface area contributed by atoms with Crippen LogP contribution in [0.2, 0.25) is 0 Å². The smallest absolute Gasteiger partial charge is 0.0630 e. The monoisotopic (exact) mass is 277 g/mol. The summed E-state index contributed by atoms with van der Waals surface area (Å²) in [6.07, 6.45) is 4.59. The third kappa shape index (κ3) is 2.97. The fraction of sp³-hybridized carbons (Fsp3) is 0.167. The first-order valence-electron chi connectivity index (χ1n) is 7.15. The lowest BCUT2D eigenvalue weighted by atomic mass is 10.1. The van der Waals surface area contributed by atoms with Crippen LogP contribution in [0.4, 0.5) is 11.4 Å². The first-order chi connectivity index (χ1) is 10.2. The fourth-order valence-electron chi connectivity index (χ4n) is 2.56. The second kappa shape index (κ2) is 5.83. The lowest BCUT2D eigenvalue weighted by molar-refractivity contribution is 1.02. The van der Waals surface area contributed by atoms with E-state index in [9.17, 15) is 0 Å². The highest BCUT2D eigenvalue weighted by atomic mass is 14.9. The van der Waals surface area contributed by atoms with Crippen LogP contribution in [0.25, 0.3) is 10.8 Å². The maximum atomic E-state index is 6.23. The molecule has 3 aromatic rings. The number of fused-ring (bicyclic) bond motifs is 1. The van der Waals surface area contributed by atoms with Crippen LogP contribution in [0.5, 0.6) is 0 Å². The van der Waals surface area contributed by atoms with Gasteiger partial charge in [-0.15, -0.1) is 0 Å². The van der Waals surface area contributed by atoms with Gasteiger partial charge >= 0.3 is 0 Å². The molecule has 0 aliphatic carbocycles. The van der Waals surface area contributed by atoms with E-state index in [2.05, 4.69) is 41.5 Å². The first kappa shape index (κ1) is 13.4. The van der Waals surface area contributed by atoms with Gasteiger partial charge in [-0.05, 0) is 31.0 Å². The Kier molecular flexibility index (Phi) is 3.73. The average Bonchev–Trinajstić information content (AvgIpc) is 2.50. The largest absolute Gasteiger partial charge is 0.397 e. The van der Waals surface area contributed by atoms with E-state index >= 15 is 0 Å². The highest BCUT2D eigenvalue weighted by molar-refractivity contribution is 5.98. The molecule has 0 aliphatic heterocycles. The van der Waals surface area contributed by atoms with Gasteiger partial charge in [-0.2, -0.15) is 0 Å². The predicted octanol–water partition coefficient (Wildman–Crippen LogP) is 3.78. The molecule has 0 aliphatic rings. The SMILES string of the molecule is Cc1cccc(CCNc2ccc3cnccc3c2N)c1. The molecule has 3 heteroatoms. The fourth-order valence-corrected chi connectivity index (χ4v) is 2.56. The molecular weight excluding hydrogens is 258 g/mol. The Labute approximate surface area is 124 Å². The van der Waals surface area contributed by atoms with Crippen molar-refractivity contribution >= 4 is 22.1 Å². The summed E-state index contributed by atoms with van der Waals surface area (Å²) in [4.78, 5) is 4.12. The lowest BCUT2D eigenvalue weighted by Crippen LogP contribution is -2.07. The molecule has 106 valence electrons. The molecule has 21 heavy (non-hydrogen) atoms. The second-order valence-electron chi connectivity index (χ2n) is 5.29. The van der Waals surface area contributed by atoms with E-state index in [1.54, 1.807) is 6.20 Å². The van der Waals surface area contributed by atoms with Gasteiger partial charge in [0, 0.05) is 29.7 Å². The number of pyridine rings is 1. The number of nitrogen functional groups attached to an aromatic ring is 1. The zero-order valence-corrected chi connectivity index (χ0v) is 12.1. The Morgan fingerprint density at radius 2 is 2.05 bits per heavy atom. The first-order valence-corrected chi connectivity index (χ1v) is 7.15. The normalized spacial score (nSPS) is 10.7. The van der Waals surface area contributed by atoms with E-state index in [0.717, 1.165) is 35.1 Å². The third-order valence-corrected chi connectivity index (χ3v) is 3.67. The van der Waals surface area contributed by atoms with Crippen LogP contribution in [-0.4, -0.2) is 11.5 Å². The van der Waals surface area contributed by atoms with Crippen molar-refractivity contribution in [1.29, 1.82) is 0 Å². The van der Waals surface area contributed by atoms with Crippen LogP contribution in [0.1, 0.15) is 11.1 Å². The number of nitrogens with one attached hydrogen (secondary N) is 1. The van der Waals surface area contributed by atoms with Crippen molar-refractivity contribution in [2.24, 2.45) is 0 Å². The molecule has 3 rings (SSSR count). The Morgan fingerprint density at radius 1 is 1.14 bits per heavy atom. The minimum Gasteiger partial charge on any atom is -0.397 e. The third-order valence-electron chi connectivity index (χ3n) is 3.67. The molecule has 0 fully saturated rings. The van der Waals surface area contributed by atoms with Gasteiger partial charge in [0.1, 0.15) is 0 Å². The van der Waals surface area contributed by atoms with Crippen LogP contribution in [0.15, 0.2) is 54.9 Å². The number of rotatable bonds is 4. The van der Waals surface area contributed by atoms with Crippen molar-refractivity contribution in [3.8, 4) is 0 Å². The maximum Gasteiger partial charge on any atom is 0.0630 e. The van der Waals surface area contributed by atoms with E-state index in [1.807, 2.05) is 24.4 Å². The van der Waals surface area contributed by atoms with Crippen molar-refractivity contribution in [2.75, 3.05) is 17.6 Å². The number of aromatic nitrogens is 1. The molecule has 1 aromatic heterocycles. The molecule has 0 amide bonds. The van der Waals surface area contributed by atoms with Gasteiger partial charge in [0.2, 0.25) is 0 Å². The van der Waals surface area contributed by atoms with Crippen LogP contribution >= 0.6 is 0 Å². The minimum atomic E-state index is 0.791. The van der Waals surface area contributed by atoms with E-state index in [0.29, 0.717) is 0 Å². The second-order valence-corrected chi connectivity index (χ2v) is 5.29. The van der Waals surface area contributed by atoms with Crippen molar-refractivity contribution in [1.82, 2.24) is 4.98 Å². The van der Waals surface area contributed by atoms with Crippen molar-refractivity contribution in [3.63, 3.8) is 0 Å². The van der Waals surface area contributed by atoms with E-state index in [4.69, 9.17) is 5.73 Å². The molecule has 2 aromatic carbocycles. The van der Waals surface area contributed by atoms with Crippen LogP contribution in [0.3, 0.4) is 0 Å². The number of nitrogens with zero attached hydrogens (tertiary/aromatic N) is 1. The van der Waals surface area contributed by atoms with Crippen molar-refractivity contribution in [2.45, 2.75) is 13.3 Å². The summed E-state index contributed by atoms with van der Waals surface area (Å²) in [5.74, 6) is 0. The maximum absolute atomic E-state index is 6.23. The number of anilines is 2. The summed E-state index contributed by atoms with van der Waals surface area (Å²) >= 11 is 0. The summed E-state index contributed by atoms with van der Waals surface area (Å²) in [6, 6.07) is 14.6. The number of nitrogens with two attached hydrogens (primary N) is 1. The molecular formula is C18H19N3. The Bertz CT molecular complexity index is 765. The van der Waals surface area contributed by atoms with E-state index in [1.165, 1.54) is 11.1 Å². The van der Waals surface area contributed by atoms with Crippen molar-refractivity contribution in [3.05, 3.63) is 66.0 Å². The average molecular weight is 277 g/mol. The Morgan fingerprint density at radius 3 is 2.90 bits per heavy atom. The van der Waals surface area contributed by atoms with E-state index < -0.39 is 0 Å². The predicted molar refractivity (Wildman–Crippen MR) is 89.5 cm³/mol. The van der Waals surface area contributed by atoms with Gasteiger partial charge in [-0.1, -0.05) is 35.9 Å². The molecule has 0 unspecified atom stereocenters. The zero-order valence-electron chi connectivity index (χ0n) is 12.1. The quantitative estimate of drug-likeness (QED) is 0.713. The molecule has 0 saturated heterocycles. The molecule has 0 bridgehead atoms. The van der Waals surface area contributed by atoms with Gasteiger partial charge in [0.25, 0.3) is 0 Å². The molecule has 0 atom stereocenters. The lowest BCUT2D eigenvalue weighted by Gasteiger charge is -2.11. The highest BCUT2D eigenvalue weighted by Gasteiger charge is 2.04. The highest BCUT2D eigenvalue weighted by Crippen LogP contribution is 2.27. The number of aryl methyl sites for hydroxylation is 1. The molecule has 0 spiro atoms. The zero-order chi connectivity index (χ0) is 14.7. The van der Waals surface area contributed by atoms with E-state index in [-0.39, 0.29) is 0 Å². The van der Waals surface area contributed by atoms with Crippen LogP contribution < -0.4 is 11.1 Å².